The zero-order valence-corrected chi connectivity index (χ0v) is 54.0. The van der Waals surface area contributed by atoms with E-state index >= 15 is 8.63 Å². The van der Waals surface area contributed by atoms with E-state index in [9.17, 15) is 41.7 Å². The van der Waals surface area contributed by atoms with E-state index in [-0.39, 0.29) is 75.3 Å². The van der Waals surface area contributed by atoms with Crippen LogP contribution >= 0.6 is 12.0 Å². The predicted octanol–water partition coefficient (Wildman–Crippen LogP) is 6.07. The number of carbonyl (C=O) groups excluding carboxylic acids is 6. The molecule has 5 amide bonds. The van der Waals surface area contributed by atoms with Crippen molar-refractivity contribution in [3.8, 4) is 17.1 Å². The number of imide groups is 1. The third kappa shape index (κ3) is 22.7. The molecule has 24 nitrogen and oxygen atoms in total. The second-order valence-corrected chi connectivity index (χ2v) is 27.2. The summed E-state index contributed by atoms with van der Waals surface area (Å²) in [5, 5.41) is 21.5. The van der Waals surface area contributed by atoms with E-state index in [2.05, 4.69) is 72.6 Å². The van der Waals surface area contributed by atoms with Crippen molar-refractivity contribution in [2.24, 2.45) is 0 Å². The molecule has 3 aliphatic rings. The van der Waals surface area contributed by atoms with Crippen molar-refractivity contribution in [3.63, 3.8) is 0 Å². The van der Waals surface area contributed by atoms with Gasteiger partial charge in [-0.15, -0.1) is 9.40 Å². The molecule has 0 aliphatic carbocycles. The van der Waals surface area contributed by atoms with Gasteiger partial charge in [-0.25, -0.2) is 10.1 Å². The number of aryl methyl sites for hydroxylation is 2. The minimum atomic E-state index is -4.51. The van der Waals surface area contributed by atoms with Crippen LogP contribution in [0.3, 0.4) is 0 Å². The number of aromatic amines is 1. The zero-order chi connectivity index (χ0) is 65.1. The van der Waals surface area contributed by atoms with Crippen LogP contribution < -0.4 is 20.7 Å². The van der Waals surface area contributed by atoms with Crippen LogP contribution in [0.1, 0.15) is 112 Å². The normalized spacial score (nSPS) is 15.7. The Kier molecular flexibility index (Phi) is 26.5. The molecule has 29 heteroatoms. The van der Waals surface area contributed by atoms with Crippen molar-refractivity contribution in [1.29, 1.82) is 0 Å². The minimum absolute atomic E-state index is 0.0191. The van der Waals surface area contributed by atoms with Gasteiger partial charge in [-0.3, -0.25) is 28.5 Å². The third-order valence-electron chi connectivity index (χ3n) is 15.2. The summed E-state index contributed by atoms with van der Waals surface area (Å²) < 4.78 is 82.2. The van der Waals surface area contributed by atoms with Gasteiger partial charge in [0.05, 0.1) is 79.2 Å². The monoisotopic (exact) mass is 1290 g/mol. The fraction of sp³-hybridized carbons (Fsp3) is 0.550. The van der Waals surface area contributed by atoms with E-state index in [4.69, 9.17) is 14.8 Å². The highest BCUT2D eigenvalue weighted by molar-refractivity contribution is 7.94. The molecule has 6 rings (SSSR count). The number of benzene rings is 1. The molecule has 2 unspecified atom stereocenters. The number of hydroxylamine groups is 2. The molecule has 0 radical (unpaired) electrons. The average Bonchev–Trinajstić information content (AvgIpc) is 1.60. The van der Waals surface area contributed by atoms with Crippen molar-refractivity contribution in [2.45, 2.75) is 115 Å². The molecule has 0 saturated carbocycles. The number of fused-ring (bicyclic) bond motifs is 2. The maximum absolute atomic E-state index is 17.6. The summed E-state index contributed by atoms with van der Waals surface area (Å²) in [7, 11) is 10.0. The van der Waals surface area contributed by atoms with E-state index in [0.29, 0.717) is 105 Å². The number of allylic oxidation sites excluding steroid dienone is 3. The number of hydrogen-bond acceptors (Lipinski definition) is 15. The van der Waals surface area contributed by atoms with E-state index in [1.165, 1.54) is 0 Å². The van der Waals surface area contributed by atoms with Gasteiger partial charge in [-0.05, 0) is 126 Å². The molecule has 1 fully saturated rings. The first-order chi connectivity index (χ1) is 42.0. The van der Waals surface area contributed by atoms with Gasteiger partial charge in [0.25, 0.3) is 21.9 Å². The summed E-state index contributed by atoms with van der Waals surface area (Å²) in [4.78, 5) is 86.6. The maximum Gasteiger partial charge on any atom is 0.737 e. The van der Waals surface area contributed by atoms with Crippen LogP contribution in [0.4, 0.5) is 8.63 Å². The molecular weight excluding hydrogens is 1200 g/mol. The second kappa shape index (κ2) is 33.0. The number of carbonyl (C=O) groups is 6. The number of amides is 5. The molecule has 0 spiro atoms. The number of nitrogens with one attached hydrogen (secondary N) is 4. The number of unbranched alkanes of at least 4 members (excludes halogenated alkanes) is 3. The van der Waals surface area contributed by atoms with E-state index in [1.807, 2.05) is 31.0 Å². The van der Waals surface area contributed by atoms with Crippen LogP contribution in [0.25, 0.3) is 23.5 Å². The lowest BCUT2D eigenvalue weighted by Gasteiger charge is -2.31. The standard InChI is InChI=1S/C60H87BF2N10O14S2/c1-43-22-29-49(65-43)54-40-46(17-14-36-73(6,7)8)53-41-52-45(18-16-38-89(81,82)83)39-47(69(52)61(62,63)70(53)54)26-23-44-24-27-48(28-25-44)84-37-15-20-55(74)66-51(42-88-87-86-80)60(79)67-50(19-11-13-35-72(3,4)5)59(78)64-32-34-68(2)33-12-9-10-21-58(77)85-71-56(75)30-31-57(71)76/h22-29,39-41,50-51,65H,9-21,30-38,42H2,1-8H3,(H3-2,64,66,67,74,78,79,80,81,82,83)/p+2/b26-23+. The number of H-pyrrole nitrogens is 1. The van der Waals surface area contributed by atoms with Gasteiger partial charge in [-0.2, -0.15) is 8.42 Å². The fourth-order valence-corrected chi connectivity index (χ4v) is 11.6. The first-order valence-electron chi connectivity index (χ1n) is 30.2. The molecule has 1 aromatic carbocycles. The van der Waals surface area contributed by atoms with Crippen LogP contribution in [0, 0.1) is 6.92 Å². The molecule has 0 bridgehead atoms. The quantitative estimate of drug-likeness (QED) is 0.00552. The first-order valence-corrected chi connectivity index (χ1v) is 32.7. The Balaban J connectivity index is 1.03. The van der Waals surface area contributed by atoms with Crippen molar-refractivity contribution in [3.05, 3.63) is 88.4 Å². The van der Waals surface area contributed by atoms with Gasteiger partial charge in [-0.1, -0.05) is 23.6 Å². The number of rotatable bonds is 39. The van der Waals surface area contributed by atoms with Crippen LogP contribution in [-0.4, -0.2) is 212 Å². The molecule has 1 saturated heterocycles. The number of likely N-dealkylation sites (N-methyl/N-ethyl adjacent to an activating group) is 1. The minimum Gasteiger partial charge on any atom is -0.494 e. The van der Waals surface area contributed by atoms with Crippen molar-refractivity contribution in [1.82, 2.24) is 35.4 Å². The lowest BCUT2D eigenvalue weighted by Crippen LogP contribution is -2.55. The van der Waals surface area contributed by atoms with E-state index in [0.717, 1.165) is 52.6 Å². The highest BCUT2D eigenvalue weighted by Gasteiger charge is 2.54. The Bertz CT molecular complexity index is 3190. The van der Waals surface area contributed by atoms with Crippen LogP contribution in [0.2, 0.25) is 0 Å². The first kappa shape index (κ1) is 71.5. The second-order valence-electron chi connectivity index (χ2n) is 24.9. The molecule has 3 aromatic rings. The summed E-state index contributed by atoms with van der Waals surface area (Å²) >= 11 is 0.568. The molecule has 2 atom stereocenters. The Morgan fingerprint density at radius 2 is 1.55 bits per heavy atom. The van der Waals surface area contributed by atoms with Crippen LogP contribution in [0.15, 0.2) is 65.9 Å². The van der Waals surface area contributed by atoms with Gasteiger partial charge in [0.1, 0.15) is 17.8 Å². The van der Waals surface area contributed by atoms with E-state index < -0.39 is 70.4 Å². The van der Waals surface area contributed by atoms with Crippen molar-refractivity contribution < 1.29 is 88.0 Å². The summed E-state index contributed by atoms with van der Waals surface area (Å²) in [6, 6.07) is 10.2. The molecule has 2 aromatic heterocycles. The van der Waals surface area contributed by atoms with Crippen molar-refractivity contribution >= 4 is 82.5 Å². The number of halogens is 2. The molecular formula is C60H89BF2N10O14S2+2. The lowest BCUT2D eigenvalue weighted by atomic mass is 9.88. The number of ether oxygens (including phenoxy) is 1. The van der Waals surface area contributed by atoms with Gasteiger partial charge >= 0.3 is 12.9 Å². The van der Waals surface area contributed by atoms with Gasteiger partial charge in [0, 0.05) is 98.1 Å². The fourth-order valence-electron chi connectivity index (χ4n) is 10.6. The summed E-state index contributed by atoms with van der Waals surface area (Å²) in [5.74, 6) is -3.52. The van der Waals surface area contributed by atoms with Gasteiger partial charge in [0.2, 0.25) is 17.7 Å². The summed E-state index contributed by atoms with van der Waals surface area (Å²) in [6.45, 7) is 0.531. The number of nitrogens with zero attached hydrogens (tertiary/aromatic N) is 6. The average molecular weight is 1290 g/mol. The number of aromatic nitrogens is 2. The Labute approximate surface area is 524 Å². The molecule has 6 N–H and O–H groups in total. The van der Waals surface area contributed by atoms with Gasteiger partial charge < -0.3 is 62.0 Å². The lowest BCUT2D eigenvalue weighted by molar-refractivity contribution is -0.870. The highest BCUT2D eigenvalue weighted by atomic mass is 32.2. The Morgan fingerprint density at radius 1 is 0.843 bits per heavy atom. The van der Waals surface area contributed by atoms with Gasteiger partial charge in [0.15, 0.2) is 11.4 Å². The smallest absolute Gasteiger partial charge is 0.494 e. The SMILES string of the molecule is Cc1ccc(-c2cc(CCC[N+](C)(C)C)c3n2[B-](F)(F)[N+]2=C(/C=C/c4ccc(OCCCC(=O)NC(CSOOO)C(=O)NC(CCCC[N+](C)(C)C)C(=O)NCCN(C)CCCCCC(=O)ON5C(=O)CCC5=O)cc4)C=C(CCCS(=O)(=O)O)C2=C3)[nH]1. The maximum atomic E-state index is 17.6. The Morgan fingerprint density at radius 3 is 2.21 bits per heavy atom. The number of hydrogen-bond donors (Lipinski definition) is 6. The largest absolute Gasteiger partial charge is 0.737 e. The van der Waals surface area contributed by atoms with E-state index in [1.54, 1.807) is 54.6 Å². The number of quaternary nitrogens is 2. The molecule has 5 heterocycles. The van der Waals surface area contributed by atoms with Crippen LogP contribution in [0.5, 0.6) is 5.75 Å². The zero-order valence-electron chi connectivity index (χ0n) is 52.4. The topological polar surface area (TPSA) is 280 Å². The highest BCUT2D eigenvalue weighted by Crippen LogP contribution is 2.41. The summed E-state index contributed by atoms with van der Waals surface area (Å²) in [5.41, 5.74) is 4.53. The Hall–Kier alpha value is -6.57. The molecule has 490 valence electrons. The third-order valence-corrected chi connectivity index (χ3v) is 16.6. The van der Waals surface area contributed by atoms with Crippen molar-refractivity contribution in [2.75, 3.05) is 100 Å². The van der Waals surface area contributed by atoms with Crippen LogP contribution in [-0.2, 0) is 59.5 Å². The predicted molar refractivity (Wildman–Crippen MR) is 335 cm³/mol. The summed E-state index contributed by atoms with van der Waals surface area (Å²) in [6.07, 6.45) is 12.1. The molecule has 3 aliphatic heterocycles. The molecule has 89 heavy (non-hydrogen) atoms.